The predicted molar refractivity (Wildman–Crippen MR) is 77.2 cm³/mol. The first kappa shape index (κ1) is 12.7. The number of fused-ring (bicyclic) bond motifs is 1. The van der Waals surface area contributed by atoms with Crippen LogP contribution < -0.4 is 4.74 Å². The molecule has 100 valence electrons. The SMILES string of the molecule is COc1cccc(C(=O)Sc2nc3ccccc3o2)c1. The number of thioether (sulfide) groups is 1. The molecule has 0 N–H and O–H groups in total. The summed E-state index contributed by atoms with van der Waals surface area (Å²) < 4.78 is 10.6. The Morgan fingerprint density at radius 3 is 2.85 bits per heavy atom. The molecule has 20 heavy (non-hydrogen) atoms. The number of aromatic nitrogens is 1. The highest BCUT2D eigenvalue weighted by Crippen LogP contribution is 2.27. The number of hydrogen-bond donors (Lipinski definition) is 0. The van der Waals surface area contributed by atoms with Crippen molar-refractivity contribution in [3.63, 3.8) is 0 Å². The molecule has 0 aliphatic heterocycles. The van der Waals surface area contributed by atoms with Crippen LogP contribution in [0.5, 0.6) is 5.75 Å². The summed E-state index contributed by atoms with van der Waals surface area (Å²) in [6, 6.07) is 14.4. The first-order valence-electron chi connectivity index (χ1n) is 5.98. The summed E-state index contributed by atoms with van der Waals surface area (Å²) >= 11 is 0.969. The van der Waals surface area contributed by atoms with Gasteiger partial charge >= 0.3 is 0 Å². The highest BCUT2D eigenvalue weighted by Gasteiger charge is 2.14. The molecule has 0 saturated heterocycles. The van der Waals surface area contributed by atoms with Gasteiger partial charge in [0.15, 0.2) is 5.58 Å². The van der Waals surface area contributed by atoms with Crippen molar-refractivity contribution < 1.29 is 13.9 Å². The smallest absolute Gasteiger partial charge is 0.264 e. The van der Waals surface area contributed by atoms with Gasteiger partial charge in [-0.25, -0.2) is 4.98 Å². The van der Waals surface area contributed by atoms with E-state index >= 15 is 0 Å². The fraction of sp³-hybridized carbons (Fsp3) is 0.0667. The zero-order chi connectivity index (χ0) is 13.9. The van der Waals surface area contributed by atoms with E-state index in [1.165, 1.54) is 0 Å². The quantitative estimate of drug-likeness (QED) is 0.686. The molecule has 5 heteroatoms. The number of carbonyl (C=O) groups excluding carboxylic acids is 1. The van der Waals surface area contributed by atoms with Crippen LogP contribution >= 0.6 is 11.8 Å². The van der Waals surface area contributed by atoms with Gasteiger partial charge in [0.05, 0.1) is 7.11 Å². The van der Waals surface area contributed by atoms with E-state index in [1.807, 2.05) is 24.3 Å². The van der Waals surface area contributed by atoms with Gasteiger partial charge < -0.3 is 9.15 Å². The van der Waals surface area contributed by atoms with Crippen LogP contribution in [0.1, 0.15) is 10.4 Å². The zero-order valence-electron chi connectivity index (χ0n) is 10.7. The molecule has 2 aromatic carbocycles. The first-order valence-corrected chi connectivity index (χ1v) is 6.80. The highest BCUT2D eigenvalue weighted by atomic mass is 32.2. The van der Waals surface area contributed by atoms with Gasteiger partial charge in [0, 0.05) is 17.3 Å². The van der Waals surface area contributed by atoms with Crippen molar-refractivity contribution in [3.05, 3.63) is 54.1 Å². The number of benzene rings is 2. The summed E-state index contributed by atoms with van der Waals surface area (Å²) in [6.45, 7) is 0. The van der Waals surface area contributed by atoms with Crippen molar-refractivity contribution in [1.29, 1.82) is 0 Å². The van der Waals surface area contributed by atoms with Gasteiger partial charge in [-0.1, -0.05) is 24.3 Å². The second-order valence-corrected chi connectivity index (χ2v) is 4.99. The van der Waals surface area contributed by atoms with E-state index in [0.29, 0.717) is 22.1 Å². The number of nitrogens with zero attached hydrogens (tertiary/aromatic N) is 1. The molecule has 1 aromatic heterocycles. The van der Waals surface area contributed by atoms with Crippen LogP contribution in [0.4, 0.5) is 0 Å². The maximum absolute atomic E-state index is 12.2. The van der Waals surface area contributed by atoms with E-state index < -0.39 is 0 Å². The minimum absolute atomic E-state index is 0.129. The maximum atomic E-state index is 12.2. The predicted octanol–water partition coefficient (Wildman–Crippen LogP) is 3.77. The van der Waals surface area contributed by atoms with E-state index in [-0.39, 0.29) is 5.12 Å². The number of rotatable bonds is 3. The molecule has 3 rings (SSSR count). The summed E-state index contributed by atoms with van der Waals surface area (Å²) in [5.74, 6) is 0.647. The Bertz CT molecular complexity index is 733. The van der Waals surface area contributed by atoms with Gasteiger partial charge in [-0.15, -0.1) is 0 Å². The van der Waals surface area contributed by atoms with Crippen molar-refractivity contribution in [1.82, 2.24) is 4.98 Å². The van der Waals surface area contributed by atoms with Gasteiger partial charge in [-0.2, -0.15) is 0 Å². The van der Waals surface area contributed by atoms with Crippen molar-refractivity contribution in [2.75, 3.05) is 7.11 Å². The molecule has 0 atom stereocenters. The Labute approximate surface area is 119 Å². The lowest BCUT2D eigenvalue weighted by Crippen LogP contribution is -1.94. The average molecular weight is 285 g/mol. The van der Waals surface area contributed by atoms with Gasteiger partial charge in [0.1, 0.15) is 11.3 Å². The molecule has 0 amide bonds. The molecule has 0 bridgehead atoms. The molecular weight excluding hydrogens is 274 g/mol. The summed E-state index contributed by atoms with van der Waals surface area (Å²) in [5.41, 5.74) is 1.97. The average Bonchev–Trinajstić information content (AvgIpc) is 2.89. The van der Waals surface area contributed by atoms with Crippen LogP contribution in [0.3, 0.4) is 0 Å². The lowest BCUT2D eigenvalue weighted by atomic mass is 10.2. The van der Waals surface area contributed by atoms with Crippen LogP contribution in [-0.2, 0) is 0 Å². The van der Waals surface area contributed by atoms with Gasteiger partial charge in [-0.05, 0) is 24.3 Å². The third-order valence-corrected chi connectivity index (χ3v) is 3.53. The first-order chi connectivity index (χ1) is 9.76. The van der Waals surface area contributed by atoms with Crippen LogP contribution in [0, 0.1) is 0 Å². The molecule has 3 aromatic rings. The largest absolute Gasteiger partial charge is 0.497 e. The number of methoxy groups -OCH3 is 1. The minimum atomic E-state index is -0.129. The summed E-state index contributed by atoms with van der Waals surface area (Å²) in [4.78, 5) is 16.4. The van der Waals surface area contributed by atoms with Crippen LogP contribution in [0.2, 0.25) is 0 Å². The normalized spacial score (nSPS) is 10.7. The Hall–Kier alpha value is -2.27. The van der Waals surface area contributed by atoms with E-state index in [1.54, 1.807) is 31.4 Å². The van der Waals surface area contributed by atoms with E-state index in [2.05, 4.69) is 4.98 Å². The molecule has 0 aliphatic carbocycles. The monoisotopic (exact) mass is 285 g/mol. The standard InChI is InChI=1S/C15H11NO3S/c1-18-11-6-4-5-10(9-11)14(17)20-15-16-12-7-2-3-8-13(12)19-15/h2-9H,1H3. The minimum Gasteiger partial charge on any atom is -0.497 e. The molecule has 0 radical (unpaired) electrons. The molecular formula is C15H11NO3S. The van der Waals surface area contributed by atoms with Gasteiger partial charge in [0.2, 0.25) is 5.12 Å². The molecule has 0 saturated carbocycles. The van der Waals surface area contributed by atoms with Crippen LogP contribution in [0.15, 0.2) is 58.2 Å². The van der Waals surface area contributed by atoms with Crippen molar-refractivity contribution in [2.45, 2.75) is 5.22 Å². The number of para-hydroxylation sites is 2. The second kappa shape index (κ2) is 5.38. The molecule has 1 heterocycles. The van der Waals surface area contributed by atoms with E-state index in [9.17, 15) is 4.79 Å². The Kier molecular flexibility index (Phi) is 3.43. The van der Waals surface area contributed by atoms with E-state index in [0.717, 1.165) is 17.3 Å². The second-order valence-electron chi connectivity index (χ2n) is 4.07. The third kappa shape index (κ3) is 2.53. The number of ether oxygens (including phenoxy) is 1. The van der Waals surface area contributed by atoms with Crippen molar-refractivity contribution in [2.24, 2.45) is 0 Å². The Balaban J connectivity index is 1.84. The molecule has 0 unspecified atom stereocenters. The van der Waals surface area contributed by atoms with E-state index in [4.69, 9.17) is 9.15 Å². The molecule has 0 fully saturated rings. The Morgan fingerprint density at radius 1 is 1.20 bits per heavy atom. The number of hydrogen-bond acceptors (Lipinski definition) is 5. The Morgan fingerprint density at radius 2 is 2.05 bits per heavy atom. The number of carbonyl (C=O) groups is 1. The zero-order valence-corrected chi connectivity index (χ0v) is 11.5. The van der Waals surface area contributed by atoms with Crippen molar-refractivity contribution in [3.8, 4) is 5.75 Å². The van der Waals surface area contributed by atoms with Gasteiger partial charge in [0.25, 0.3) is 5.22 Å². The third-order valence-electron chi connectivity index (χ3n) is 2.76. The highest BCUT2D eigenvalue weighted by molar-refractivity contribution is 8.14. The van der Waals surface area contributed by atoms with Crippen LogP contribution in [-0.4, -0.2) is 17.2 Å². The molecule has 0 spiro atoms. The summed E-state index contributed by atoms with van der Waals surface area (Å²) in [7, 11) is 1.57. The molecule has 4 nitrogen and oxygen atoms in total. The molecule has 0 aliphatic rings. The summed E-state index contributed by atoms with van der Waals surface area (Å²) in [6.07, 6.45) is 0. The van der Waals surface area contributed by atoms with Crippen LogP contribution in [0.25, 0.3) is 11.1 Å². The fourth-order valence-electron chi connectivity index (χ4n) is 1.78. The lowest BCUT2D eigenvalue weighted by molar-refractivity contribution is 0.108. The lowest BCUT2D eigenvalue weighted by Gasteiger charge is -2.01. The maximum Gasteiger partial charge on any atom is 0.264 e. The topological polar surface area (TPSA) is 52.3 Å². The summed E-state index contributed by atoms with van der Waals surface area (Å²) in [5, 5.41) is 0.217. The fourth-order valence-corrected chi connectivity index (χ4v) is 2.46. The van der Waals surface area contributed by atoms with Gasteiger partial charge in [-0.3, -0.25) is 4.79 Å². The number of oxazole rings is 1. The van der Waals surface area contributed by atoms with Crippen molar-refractivity contribution >= 4 is 28.0 Å².